The number of rotatable bonds is 5. The van der Waals surface area contributed by atoms with Crippen LogP contribution >= 0.6 is 0 Å². The number of pyridine rings is 1. The normalized spacial score (nSPS) is 16.7. The number of benzene rings is 1. The Morgan fingerprint density at radius 2 is 1.97 bits per heavy atom. The van der Waals surface area contributed by atoms with Gasteiger partial charge in [-0.05, 0) is 36.6 Å². The first kappa shape index (κ1) is 21.5. The van der Waals surface area contributed by atoms with Gasteiger partial charge in [0.1, 0.15) is 18.9 Å². The molecular formula is C25H27N7O3. The minimum Gasteiger partial charge on any atom is -0.474 e. The molecule has 10 nitrogen and oxygen atoms in total. The largest absolute Gasteiger partial charge is 0.474 e. The van der Waals surface area contributed by atoms with E-state index in [-0.39, 0.29) is 6.09 Å². The van der Waals surface area contributed by atoms with Crippen molar-refractivity contribution >= 4 is 29.1 Å². The predicted octanol–water partition coefficient (Wildman–Crippen LogP) is 3.24. The first-order valence-electron chi connectivity index (χ1n) is 11.9. The predicted molar refractivity (Wildman–Crippen MR) is 131 cm³/mol. The molecule has 1 fully saturated rings. The molecule has 180 valence electrons. The van der Waals surface area contributed by atoms with Crippen molar-refractivity contribution in [2.24, 2.45) is 0 Å². The van der Waals surface area contributed by atoms with E-state index in [2.05, 4.69) is 32.4 Å². The average molecular weight is 474 g/mol. The third kappa shape index (κ3) is 4.27. The Morgan fingerprint density at radius 1 is 1.09 bits per heavy atom. The summed E-state index contributed by atoms with van der Waals surface area (Å²) in [5, 5.41) is 6.72. The summed E-state index contributed by atoms with van der Waals surface area (Å²) in [6.45, 7) is 6.74. The van der Waals surface area contributed by atoms with Crippen molar-refractivity contribution < 1.29 is 14.3 Å². The van der Waals surface area contributed by atoms with Crippen LogP contribution in [0.25, 0.3) is 0 Å². The fourth-order valence-corrected chi connectivity index (χ4v) is 4.71. The van der Waals surface area contributed by atoms with Crippen LogP contribution in [0.1, 0.15) is 22.4 Å². The molecule has 6 rings (SSSR count). The molecule has 3 aromatic rings. The van der Waals surface area contributed by atoms with Crippen LogP contribution in [0.15, 0.2) is 36.7 Å². The number of nitrogens with zero attached hydrogens (tertiary/aromatic N) is 5. The van der Waals surface area contributed by atoms with Crippen LogP contribution in [0, 0.1) is 6.92 Å². The van der Waals surface area contributed by atoms with Gasteiger partial charge in [0.15, 0.2) is 0 Å². The molecule has 1 saturated heterocycles. The number of fused-ring (bicyclic) bond motifs is 2. The van der Waals surface area contributed by atoms with Gasteiger partial charge < -0.3 is 29.9 Å². The van der Waals surface area contributed by atoms with E-state index in [1.54, 1.807) is 4.90 Å². The molecule has 3 aliphatic heterocycles. The fraction of sp³-hybridized carbons (Fsp3) is 0.360. The van der Waals surface area contributed by atoms with Crippen molar-refractivity contribution in [3.63, 3.8) is 0 Å². The number of carbonyl (C=O) groups is 1. The van der Waals surface area contributed by atoms with Gasteiger partial charge in [-0.3, -0.25) is 0 Å². The van der Waals surface area contributed by atoms with E-state index in [1.807, 2.05) is 36.7 Å². The van der Waals surface area contributed by atoms with E-state index in [9.17, 15) is 4.79 Å². The second-order valence-corrected chi connectivity index (χ2v) is 8.92. The third-order valence-electron chi connectivity index (χ3n) is 6.63. The molecule has 0 aliphatic carbocycles. The van der Waals surface area contributed by atoms with Gasteiger partial charge in [-0.1, -0.05) is 12.1 Å². The number of nitrogens with one attached hydrogen (secondary N) is 2. The summed E-state index contributed by atoms with van der Waals surface area (Å²) in [7, 11) is 0. The lowest BCUT2D eigenvalue weighted by atomic mass is 10.0. The molecule has 3 aliphatic rings. The van der Waals surface area contributed by atoms with Crippen molar-refractivity contribution in [1.29, 1.82) is 0 Å². The van der Waals surface area contributed by atoms with Crippen molar-refractivity contribution in [3.05, 3.63) is 59.0 Å². The van der Waals surface area contributed by atoms with Gasteiger partial charge in [0.25, 0.3) is 0 Å². The maximum atomic E-state index is 11.7. The molecule has 0 unspecified atom stereocenters. The molecule has 0 atom stereocenters. The highest BCUT2D eigenvalue weighted by molar-refractivity contribution is 5.71. The number of carbonyl (C=O) groups excluding carboxylic acids is 1. The van der Waals surface area contributed by atoms with Crippen molar-refractivity contribution in [2.75, 3.05) is 48.4 Å². The number of cyclic esters (lactones) is 1. The number of hydrogen-bond donors (Lipinski definition) is 2. The minimum absolute atomic E-state index is 0.255. The van der Waals surface area contributed by atoms with Crippen LogP contribution < -0.4 is 20.3 Å². The van der Waals surface area contributed by atoms with Crippen LogP contribution in [-0.2, 0) is 24.2 Å². The number of aromatic nitrogens is 3. The smallest absolute Gasteiger partial charge is 0.410 e. The summed E-state index contributed by atoms with van der Waals surface area (Å²) in [6.07, 6.45) is 4.44. The molecule has 0 spiro atoms. The lowest BCUT2D eigenvalue weighted by molar-refractivity contribution is 0.157. The molecule has 5 heterocycles. The molecule has 0 bridgehead atoms. The summed E-state index contributed by atoms with van der Waals surface area (Å²) >= 11 is 0. The highest BCUT2D eigenvalue weighted by Gasteiger charge is 2.24. The van der Waals surface area contributed by atoms with Gasteiger partial charge >= 0.3 is 6.09 Å². The SMILES string of the molecule is Cc1c(N2CCc3cnc(Nc4ccc(CN5CCOC5=O)cc4)nc3C2)cnc2c1NCCO2. The van der Waals surface area contributed by atoms with E-state index in [0.717, 1.165) is 53.4 Å². The average Bonchev–Trinajstić information content (AvgIpc) is 3.29. The Bertz CT molecular complexity index is 1260. The molecule has 0 saturated carbocycles. The summed E-state index contributed by atoms with van der Waals surface area (Å²) in [6, 6.07) is 7.95. The molecule has 2 N–H and O–H groups in total. The van der Waals surface area contributed by atoms with Gasteiger partial charge in [0, 0.05) is 37.1 Å². The van der Waals surface area contributed by atoms with Crippen molar-refractivity contribution in [1.82, 2.24) is 19.9 Å². The van der Waals surface area contributed by atoms with Crippen LogP contribution in [0.5, 0.6) is 5.88 Å². The molecular weight excluding hydrogens is 446 g/mol. The van der Waals surface area contributed by atoms with Crippen LogP contribution in [0.2, 0.25) is 0 Å². The van der Waals surface area contributed by atoms with Gasteiger partial charge in [0.05, 0.1) is 30.7 Å². The van der Waals surface area contributed by atoms with Gasteiger partial charge in [-0.15, -0.1) is 0 Å². The molecule has 10 heteroatoms. The molecule has 35 heavy (non-hydrogen) atoms. The Hall–Kier alpha value is -4.08. The minimum atomic E-state index is -0.255. The molecule has 1 amide bonds. The van der Waals surface area contributed by atoms with Gasteiger partial charge in [-0.2, -0.15) is 0 Å². The maximum absolute atomic E-state index is 11.7. The van der Waals surface area contributed by atoms with E-state index >= 15 is 0 Å². The van der Waals surface area contributed by atoms with Gasteiger partial charge in [0.2, 0.25) is 11.8 Å². The van der Waals surface area contributed by atoms with Crippen LogP contribution in [-0.4, -0.2) is 58.8 Å². The maximum Gasteiger partial charge on any atom is 0.410 e. The number of hydrogen-bond acceptors (Lipinski definition) is 9. The van der Waals surface area contributed by atoms with E-state index in [4.69, 9.17) is 14.5 Å². The zero-order valence-electron chi connectivity index (χ0n) is 19.6. The topological polar surface area (TPSA) is 105 Å². The zero-order valence-corrected chi connectivity index (χ0v) is 19.6. The van der Waals surface area contributed by atoms with E-state index in [1.165, 1.54) is 5.56 Å². The summed E-state index contributed by atoms with van der Waals surface area (Å²) in [5.74, 6) is 1.24. The van der Waals surface area contributed by atoms with Crippen LogP contribution in [0.4, 0.5) is 27.8 Å². The molecule has 2 aromatic heterocycles. The Morgan fingerprint density at radius 3 is 2.80 bits per heavy atom. The standard InChI is InChI=1S/C25H27N7O3/c1-16-21(13-27-23-22(16)26-7-10-34-23)31-8-6-18-12-28-24(30-20(18)15-31)29-19-4-2-17(3-5-19)14-32-9-11-35-25(32)33/h2-5,12-13,26H,6-11,14-15H2,1H3,(H,28,29,30). The second kappa shape index (κ2) is 8.94. The first-order chi connectivity index (χ1) is 17.1. The van der Waals surface area contributed by atoms with Crippen LogP contribution in [0.3, 0.4) is 0 Å². The highest BCUT2D eigenvalue weighted by atomic mass is 16.6. The van der Waals surface area contributed by atoms with E-state index < -0.39 is 0 Å². The highest BCUT2D eigenvalue weighted by Crippen LogP contribution is 2.36. The lowest BCUT2D eigenvalue weighted by Gasteiger charge is -2.32. The Kier molecular flexibility index (Phi) is 5.48. The summed E-state index contributed by atoms with van der Waals surface area (Å²) < 4.78 is 10.7. The van der Waals surface area contributed by atoms with Crippen molar-refractivity contribution in [2.45, 2.75) is 26.4 Å². The summed E-state index contributed by atoms with van der Waals surface area (Å²) in [5.41, 5.74) is 7.35. The summed E-state index contributed by atoms with van der Waals surface area (Å²) in [4.78, 5) is 29.6. The second-order valence-electron chi connectivity index (χ2n) is 8.92. The van der Waals surface area contributed by atoms with Crippen molar-refractivity contribution in [3.8, 4) is 5.88 Å². The number of ether oxygens (including phenoxy) is 2. The quantitative estimate of drug-likeness (QED) is 0.578. The van der Waals surface area contributed by atoms with E-state index in [0.29, 0.717) is 44.7 Å². The Balaban J connectivity index is 1.16. The number of anilines is 4. The first-order valence-corrected chi connectivity index (χ1v) is 11.9. The molecule has 0 radical (unpaired) electrons. The van der Waals surface area contributed by atoms with Gasteiger partial charge in [-0.25, -0.2) is 19.7 Å². The lowest BCUT2D eigenvalue weighted by Crippen LogP contribution is -2.32. The monoisotopic (exact) mass is 473 g/mol. The third-order valence-corrected chi connectivity index (χ3v) is 6.63. The fourth-order valence-electron chi connectivity index (χ4n) is 4.71. The molecule has 1 aromatic carbocycles. The zero-order chi connectivity index (χ0) is 23.8. The number of amides is 1. The Labute approximate surface area is 203 Å².